The van der Waals surface area contributed by atoms with Crippen molar-refractivity contribution in [2.75, 3.05) is 11.9 Å². The van der Waals surface area contributed by atoms with Crippen molar-refractivity contribution in [2.24, 2.45) is 5.92 Å². The van der Waals surface area contributed by atoms with E-state index in [2.05, 4.69) is 10.3 Å². The molecule has 0 unspecified atom stereocenters. The monoisotopic (exact) mass is 331 g/mol. The molecule has 1 aliphatic rings. The molecule has 2 aromatic rings. The third-order valence-corrected chi connectivity index (χ3v) is 4.33. The van der Waals surface area contributed by atoms with E-state index < -0.39 is 18.1 Å². The van der Waals surface area contributed by atoms with Gasteiger partial charge in [-0.25, -0.2) is 4.79 Å². The summed E-state index contributed by atoms with van der Waals surface area (Å²) in [6.45, 7) is 4.28. The molecule has 1 fully saturated rings. The van der Waals surface area contributed by atoms with Gasteiger partial charge in [0, 0.05) is 6.54 Å². The van der Waals surface area contributed by atoms with Gasteiger partial charge in [-0.05, 0) is 30.9 Å². The number of carboxylic acid groups (broad SMARTS) is 1. The van der Waals surface area contributed by atoms with Gasteiger partial charge in [0.05, 0.1) is 0 Å². The summed E-state index contributed by atoms with van der Waals surface area (Å²) in [6.07, 6.45) is 1.20. The molecule has 0 radical (unpaired) electrons. The minimum Gasteiger partial charge on any atom is -0.480 e. The van der Waals surface area contributed by atoms with Crippen LogP contribution < -0.4 is 5.32 Å². The van der Waals surface area contributed by atoms with E-state index >= 15 is 0 Å². The molecular formula is C17H21N3O4. The Bertz CT molecular complexity index is 722. The van der Waals surface area contributed by atoms with Gasteiger partial charge >= 0.3 is 5.97 Å². The molecule has 24 heavy (non-hydrogen) atoms. The number of anilines is 1. The lowest BCUT2D eigenvalue weighted by atomic mass is 10.0. The van der Waals surface area contributed by atoms with Crippen LogP contribution in [0.15, 0.2) is 28.7 Å². The molecule has 2 heterocycles. The zero-order valence-corrected chi connectivity index (χ0v) is 13.7. The second-order valence-electron chi connectivity index (χ2n) is 6.38. The molecule has 0 bridgehead atoms. The van der Waals surface area contributed by atoms with Gasteiger partial charge in [0.15, 0.2) is 5.58 Å². The van der Waals surface area contributed by atoms with Crippen LogP contribution in [0.2, 0.25) is 0 Å². The van der Waals surface area contributed by atoms with Crippen molar-refractivity contribution in [3.05, 3.63) is 24.3 Å². The second kappa shape index (κ2) is 6.51. The number of amides is 1. The number of hydrogen-bond acceptors (Lipinski definition) is 5. The van der Waals surface area contributed by atoms with E-state index in [0.29, 0.717) is 30.5 Å². The molecule has 7 heteroatoms. The van der Waals surface area contributed by atoms with E-state index in [4.69, 9.17) is 4.42 Å². The van der Waals surface area contributed by atoms with Crippen LogP contribution in [0, 0.1) is 5.92 Å². The lowest BCUT2D eigenvalue weighted by Gasteiger charge is -2.28. The number of aliphatic carboxylic acids is 1. The Labute approximate surface area is 139 Å². The Morgan fingerprint density at radius 3 is 2.79 bits per heavy atom. The maximum absolute atomic E-state index is 12.9. The predicted molar refractivity (Wildman–Crippen MR) is 88.6 cm³/mol. The minimum atomic E-state index is -0.954. The second-order valence-corrected chi connectivity index (χ2v) is 6.38. The minimum absolute atomic E-state index is 0.0393. The number of carboxylic acids is 1. The van der Waals surface area contributed by atoms with Gasteiger partial charge in [-0.3, -0.25) is 4.79 Å². The van der Waals surface area contributed by atoms with Crippen LogP contribution in [0.1, 0.15) is 26.7 Å². The van der Waals surface area contributed by atoms with Gasteiger partial charge in [0.1, 0.15) is 17.6 Å². The van der Waals surface area contributed by atoms with Gasteiger partial charge in [-0.1, -0.05) is 26.0 Å². The van der Waals surface area contributed by atoms with Crippen LogP contribution >= 0.6 is 0 Å². The zero-order valence-electron chi connectivity index (χ0n) is 13.7. The lowest BCUT2D eigenvalue weighted by Crippen LogP contribution is -2.49. The molecular weight excluding hydrogens is 310 g/mol. The summed E-state index contributed by atoms with van der Waals surface area (Å²) in [6, 6.07) is 6.29. The number of rotatable bonds is 5. The molecule has 0 saturated carbocycles. The first kappa shape index (κ1) is 16.3. The highest BCUT2D eigenvalue weighted by atomic mass is 16.4. The summed E-state index contributed by atoms with van der Waals surface area (Å²) in [7, 11) is 0. The van der Waals surface area contributed by atoms with Crippen LogP contribution in [0.5, 0.6) is 0 Å². The number of carbonyl (C=O) groups is 2. The van der Waals surface area contributed by atoms with Crippen LogP contribution in [-0.2, 0) is 9.59 Å². The van der Waals surface area contributed by atoms with E-state index in [1.54, 1.807) is 6.07 Å². The van der Waals surface area contributed by atoms with E-state index in [0.717, 1.165) is 0 Å². The fraction of sp³-hybridized carbons (Fsp3) is 0.471. The summed E-state index contributed by atoms with van der Waals surface area (Å²) < 4.78 is 5.63. The number of likely N-dealkylation sites (tertiary alicyclic amines) is 1. The van der Waals surface area contributed by atoms with Crippen molar-refractivity contribution >= 4 is 29.0 Å². The quantitative estimate of drug-likeness (QED) is 0.873. The first-order valence-corrected chi connectivity index (χ1v) is 8.13. The van der Waals surface area contributed by atoms with Crippen LogP contribution in [0.25, 0.3) is 11.1 Å². The zero-order chi connectivity index (χ0) is 17.3. The standard InChI is InChI=1S/C17H21N3O4/c1-10(2)14(15(21)20-9-5-7-12(20)16(22)23)19-17-18-11-6-3-4-8-13(11)24-17/h3-4,6,8,10,12,14H,5,7,9H2,1-2H3,(H,18,19)(H,22,23)/t12-,14-/m0/s1. The molecule has 1 amide bonds. The summed E-state index contributed by atoms with van der Waals surface area (Å²) >= 11 is 0. The molecule has 1 aliphatic heterocycles. The van der Waals surface area contributed by atoms with Gasteiger partial charge in [0.25, 0.3) is 6.01 Å². The molecule has 128 valence electrons. The largest absolute Gasteiger partial charge is 0.480 e. The Kier molecular flexibility index (Phi) is 4.42. The van der Waals surface area contributed by atoms with Gasteiger partial charge in [-0.2, -0.15) is 4.98 Å². The average Bonchev–Trinajstić information content (AvgIpc) is 3.17. The first-order chi connectivity index (χ1) is 11.5. The molecule has 1 aromatic heterocycles. The van der Waals surface area contributed by atoms with E-state index in [1.165, 1.54) is 4.90 Å². The summed E-state index contributed by atoms with van der Waals surface area (Å²) in [4.78, 5) is 30.0. The molecule has 3 rings (SSSR count). The van der Waals surface area contributed by atoms with Crippen LogP contribution in [0.4, 0.5) is 6.01 Å². The third kappa shape index (κ3) is 3.06. The van der Waals surface area contributed by atoms with Gasteiger partial charge in [0.2, 0.25) is 5.91 Å². The Balaban J connectivity index is 1.81. The molecule has 7 nitrogen and oxygen atoms in total. The third-order valence-electron chi connectivity index (χ3n) is 4.33. The van der Waals surface area contributed by atoms with Crippen LogP contribution in [-0.4, -0.2) is 45.5 Å². The maximum Gasteiger partial charge on any atom is 0.326 e. The molecule has 1 saturated heterocycles. The maximum atomic E-state index is 12.9. The number of aromatic nitrogens is 1. The Hall–Kier alpha value is -2.57. The van der Waals surface area contributed by atoms with Crippen molar-refractivity contribution in [1.29, 1.82) is 0 Å². The Morgan fingerprint density at radius 1 is 1.38 bits per heavy atom. The van der Waals surface area contributed by atoms with Crippen molar-refractivity contribution < 1.29 is 19.1 Å². The average molecular weight is 331 g/mol. The number of oxazole rings is 1. The highest BCUT2D eigenvalue weighted by Gasteiger charge is 2.38. The number of benzene rings is 1. The van der Waals surface area contributed by atoms with Gasteiger partial charge < -0.3 is 19.7 Å². The number of nitrogens with zero attached hydrogens (tertiary/aromatic N) is 2. The normalized spacial score (nSPS) is 19.0. The SMILES string of the molecule is CC(C)[C@H](Nc1nc2ccccc2o1)C(=O)N1CCC[C@H]1C(=O)O. The smallest absolute Gasteiger partial charge is 0.326 e. The van der Waals surface area contributed by atoms with Crippen molar-refractivity contribution in [2.45, 2.75) is 38.8 Å². The number of nitrogens with one attached hydrogen (secondary N) is 1. The molecule has 1 aromatic carbocycles. The van der Waals surface area contributed by atoms with E-state index in [-0.39, 0.29) is 17.8 Å². The topological polar surface area (TPSA) is 95.7 Å². The first-order valence-electron chi connectivity index (χ1n) is 8.13. The molecule has 0 aliphatic carbocycles. The molecule has 0 spiro atoms. The highest BCUT2D eigenvalue weighted by molar-refractivity contribution is 5.89. The number of fused-ring (bicyclic) bond motifs is 1. The predicted octanol–water partition coefficient (Wildman–Crippen LogP) is 2.34. The Morgan fingerprint density at radius 2 is 2.12 bits per heavy atom. The lowest BCUT2D eigenvalue weighted by molar-refractivity contribution is -0.148. The highest BCUT2D eigenvalue weighted by Crippen LogP contribution is 2.24. The molecule has 2 N–H and O–H groups in total. The number of para-hydroxylation sites is 2. The summed E-state index contributed by atoms with van der Waals surface area (Å²) in [5, 5.41) is 12.3. The van der Waals surface area contributed by atoms with Crippen LogP contribution in [0.3, 0.4) is 0 Å². The summed E-state index contributed by atoms with van der Waals surface area (Å²) in [5.74, 6) is -1.22. The summed E-state index contributed by atoms with van der Waals surface area (Å²) in [5.41, 5.74) is 1.35. The fourth-order valence-corrected chi connectivity index (χ4v) is 3.05. The van der Waals surface area contributed by atoms with E-state index in [1.807, 2.05) is 32.0 Å². The van der Waals surface area contributed by atoms with Gasteiger partial charge in [-0.15, -0.1) is 0 Å². The molecule has 2 atom stereocenters. The van der Waals surface area contributed by atoms with Crippen molar-refractivity contribution in [3.8, 4) is 0 Å². The van der Waals surface area contributed by atoms with E-state index in [9.17, 15) is 14.7 Å². The number of carbonyl (C=O) groups excluding carboxylic acids is 1. The van der Waals surface area contributed by atoms with Crippen molar-refractivity contribution in [3.63, 3.8) is 0 Å². The number of hydrogen-bond donors (Lipinski definition) is 2. The fourth-order valence-electron chi connectivity index (χ4n) is 3.05. The van der Waals surface area contributed by atoms with Crippen molar-refractivity contribution in [1.82, 2.24) is 9.88 Å².